The predicted octanol–water partition coefficient (Wildman–Crippen LogP) is 4.94. The standard InChI is InChI=1S/C21H17F3N4O/c1-28(12-16-4-2-3-15-11-25-10-9-18(15)16)13-19-26-20(27-29-19)14-5-7-17(8-6-14)21(22,23)24/h2-11H,12-13H2,1H3. The van der Waals surface area contributed by atoms with Crippen molar-refractivity contribution in [3.63, 3.8) is 0 Å². The van der Waals surface area contributed by atoms with Crippen LogP contribution in [0.1, 0.15) is 17.0 Å². The Bertz CT molecular complexity index is 1120. The maximum absolute atomic E-state index is 12.7. The first-order valence-electron chi connectivity index (χ1n) is 8.90. The summed E-state index contributed by atoms with van der Waals surface area (Å²) in [7, 11) is 1.93. The molecule has 0 aliphatic rings. The highest BCUT2D eigenvalue weighted by Crippen LogP contribution is 2.30. The molecular formula is C21H17F3N4O. The smallest absolute Gasteiger partial charge is 0.338 e. The normalized spacial score (nSPS) is 12.0. The zero-order valence-electron chi connectivity index (χ0n) is 15.5. The van der Waals surface area contributed by atoms with Crippen molar-refractivity contribution in [3.8, 4) is 11.4 Å². The van der Waals surface area contributed by atoms with Gasteiger partial charge in [-0.1, -0.05) is 35.5 Å². The molecule has 0 fully saturated rings. The fraction of sp³-hybridized carbons (Fsp3) is 0.190. The number of alkyl halides is 3. The summed E-state index contributed by atoms with van der Waals surface area (Å²) >= 11 is 0. The minimum absolute atomic E-state index is 0.262. The molecule has 0 spiro atoms. The third-order valence-corrected chi connectivity index (χ3v) is 4.55. The van der Waals surface area contributed by atoms with Crippen molar-refractivity contribution in [3.05, 3.63) is 77.9 Å². The summed E-state index contributed by atoms with van der Waals surface area (Å²) in [5, 5.41) is 6.09. The predicted molar refractivity (Wildman–Crippen MR) is 102 cm³/mol. The van der Waals surface area contributed by atoms with Crippen LogP contribution in [0.3, 0.4) is 0 Å². The molecular weight excluding hydrogens is 381 g/mol. The van der Waals surface area contributed by atoms with Gasteiger partial charge < -0.3 is 4.52 Å². The second-order valence-electron chi connectivity index (χ2n) is 6.77. The Morgan fingerprint density at radius 3 is 2.55 bits per heavy atom. The molecule has 0 amide bonds. The number of benzene rings is 2. The maximum Gasteiger partial charge on any atom is 0.416 e. The van der Waals surface area contributed by atoms with Crippen molar-refractivity contribution in [2.24, 2.45) is 0 Å². The number of pyridine rings is 1. The summed E-state index contributed by atoms with van der Waals surface area (Å²) < 4.78 is 43.3. The molecule has 0 aliphatic carbocycles. The van der Waals surface area contributed by atoms with Gasteiger partial charge in [-0.2, -0.15) is 18.2 Å². The number of fused-ring (bicyclic) bond motifs is 1. The Morgan fingerprint density at radius 2 is 1.79 bits per heavy atom. The van der Waals surface area contributed by atoms with Gasteiger partial charge in [0.2, 0.25) is 11.7 Å². The average Bonchev–Trinajstić information content (AvgIpc) is 3.16. The number of halogens is 3. The summed E-state index contributed by atoms with van der Waals surface area (Å²) in [6.07, 6.45) is -0.783. The Kier molecular flexibility index (Phi) is 5.02. The van der Waals surface area contributed by atoms with Crippen molar-refractivity contribution in [2.75, 3.05) is 7.05 Å². The quantitative estimate of drug-likeness (QED) is 0.477. The molecule has 2 heterocycles. The van der Waals surface area contributed by atoms with Crippen molar-refractivity contribution >= 4 is 10.8 Å². The van der Waals surface area contributed by atoms with Gasteiger partial charge in [0.05, 0.1) is 12.1 Å². The lowest BCUT2D eigenvalue weighted by molar-refractivity contribution is -0.137. The van der Waals surface area contributed by atoms with E-state index >= 15 is 0 Å². The molecule has 5 nitrogen and oxygen atoms in total. The molecule has 2 aromatic carbocycles. The first-order valence-corrected chi connectivity index (χ1v) is 8.90. The molecule has 4 rings (SSSR count). The fourth-order valence-corrected chi connectivity index (χ4v) is 3.15. The van der Waals surface area contributed by atoms with Gasteiger partial charge >= 0.3 is 6.18 Å². The zero-order chi connectivity index (χ0) is 20.4. The molecule has 0 saturated carbocycles. The van der Waals surface area contributed by atoms with Crippen LogP contribution in [-0.4, -0.2) is 27.1 Å². The van der Waals surface area contributed by atoms with Gasteiger partial charge in [-0.15, -0.1) is 0 Å². The van der Waals surface area contributed by atoms with E-state index in [1.165, 1.54) is 12.1 Å². The van der Waals surface area contributed by atoms with Crippen LogP contribution in [0.15, 0.2) is 65.4 Å². The molecule has 0 saturated heterocycles. The zero-order valence-corrected chi connectivity index (χ0v) is 15.5. The molecule has 0 N–H and O–H groups in total. The second-order valence-corrected chi connectivity index (χ2v) is 6.77. The van der Waals surface area contributed by atoms with E-state index < -0.39 is 11.7 Å². The largest absolute Gasteiger partial charge is 0.416 e. The Hall–Kier alpha value is -3.26. The molecule has 0 aliphatic heterocycles. The summed E-state index contributed by atoms with van der Waals surface area (Å²) in [5.41, 5.74) is 0.905. The fourth-order valence-electron chi connectivity index (χ4n) is 3.15. The van der Waals surface area contributed by atoms with Gasteiger partial charge in [0.25, 0.3) is 0 Å². The minimum atomic E-state index is -4.37. The molecule has 8 heteroatoms. The maximum atomic E-state index is 12.7. The van der Waals surface area contributed by atoms with Gasteiger partial charge in [0, 0.05) is 29.9 Å². The van der Waals surface area contributed by atoms with Crippen LogP contribution in [0.5, 0.6) is 0 Å². The van der Waals surface area contributed by atoms with Gasteiger partial charge in [-0.25, -0.2) is 0 Å². The van der Waals surface area contributed by atoms with Gasteiger partial charge in [-0.3, -0.25) is 9.88 Å². The molecule has 0 radical (unpaired) electrons. The van der Waals surface area contributed by atoms with Crippen LogP contribution in [0, 0.1) is 0 Å². The lowest BCUT2D eigenvalue weighted by Gasteiger charge is -2.15. The molecule has 0 atom stereocenters. The van der Waals surface area contributed by atoms with E-state index in [1.807, 2.05) is 36.3 Å². The van der Waals surface area contributed by atoms with E-state index in [2.05, 4.69) is 21.2 Å². The lowest BCUT2D eigenvalue weighted by atomic mass is 10.1. The van der Waals surface area contributed by atoms with Crippen LogP contribution in [-0.2, 0) is 19.3 Å². The van der Waals surface area contributed by atoms with Gasteiger partial charge in [0.15, 0.2) is 0 Å². The molecule has 29 heavy (non-hydrogen) atoms. The van der Waals surface area contributed by atoms with E-state index in [0.717, 1.165) is 28.5 Å². The molecule has 0 bridgehead atoms. The summed E-state index contributed by atoms with van der Waals surface area (Å²) in [6, 6.07) is 12.7. The van der Waals surface area contributed by atoms with Crippen molar-refractivity contribution in [1.29, 1.82) is 0 Å². The van der Waals surface area contributed by atoms with Crippen LogP contribution in [0.4, 0.5) is 13.2 Å². The van der Waals surface area contributed by atoms with Crippen molar-refractivity contribution in [2.45, 2.75) is 19.3 Å². The lowest BCUT2D eigenvalue weighted by Crippen LogP contribution is -2.17. The van der Waals surface area contributed by atoms with E-state index in [0.29, 0.717) is 24.5 Å². The molecule has 4 aromatic rings. The number of hydrogen-bond acceptors (Lipinski definition) is 5. The van der Waals surface area contributed by atoms with Crippen LogP contribution in [0.2, 0.25) is 0 Å². The molecule has 148 valence electrons. The third kappa shape index (κ3) is 4.27. The average molecular weight is 398 g/mol. The van der Waals surface area contributed by atoms with Gasteiger partial charge in [0.1, 0.15) is 0 Å². The third-order valence-electron chi connectivity index (χ3n) is 4.55. The van der Waals surface area contributed by atoms with Crippen LogP contribution in [0.25, 0.3) is 22.2 Å². The van der Waals surface area contributed by atoms with Crippen LogP contribution >= 0.6 is 0 Å². The Balaban J connectivity index is 1.46. The summed E-state index contributed by atoms with van der Waals surface area (Å²) in [4.78, 5) is 10.5. The minimum Gasteiger partial charge on any atom is -0.338 e. The number of rotatable bonds is 5. The topological polar surface area (TPSA) is 55.1 Å². The number of hydrogen-bond donors (Lipinski definition) is 0. The highest BCUT2D eigenvalue weighted by molar-refractivity contribution is 5.84. The highest BCUT2D eigenvalue weighted by atomic mass is 19.4. The summed E-state index contributed by atoms with van der Waals surface area (Å²) in [6.45, 7) is 1.08. The SMILES string of the molecule is CN(Cc1nc(-c2ccc(C(F)(F)F)cc2)no1)Cc1cccc2cnccc12. The van der Waals surface area contributed by atoms with E-state index in [4.69, 9.17) is 4.52 Å². The Morgan fingerprint density at radius 1 is 1.00 bits per heavy atom. The molecule has 2 aromatic heterocycles. The van der Waals surface area contributed by atoms with Crippen molar-refractivity contribution in [1.82, 2.24) is 20.0 Å². The second kappa shape index (κ2) is 7.63. The van der Waals surface area contributed by atoms with E-state index in [9.17, 15) is 13.2 Å². The molecule has 0 unspecified atom stereocenters. The Labute approximate surface area is 164 Å². The van der Waals surface area contributed by atoms with Crippen LogP contribution < -0.4 is 0 Å². The number of aromatic nitrogens is 3. The first-order chi connectivity index (χ1) is 13.9. The van der Waals surface area contributed by atoms with E-state index in [1.54, 1.807) is 6.20 Å². The van der Waals surface area contributed by atoms with Crippen molar-refractivity contribution < 1.29 is 17.7 Å². The monoisotopic (exact) mass is 398 g/mol. The highest BCUT2D eigenvalue weighted by Gasteiger charge is 2.30. The summed E-state index contributed by atoms with van der Waals surface area (Å²) in [5.74, 6) is 0.655. The van der Waals surface area contributed by atoms with E-state index in [-0.39, 0.29) is 5.82 Å². The number of nitrogens with zero attached hydrogens (tertiary/aromatic N) is 4. The first kappa shape index (κ1) is 19.1. The van der Waals surface area contributed by atoms with Gasteiger partial charge in [-0.05, 0) is 36.2 Å².